The Morgan fingerprint density at radius 3 is 2.51 bits per heavy atom. The molecule has 8 rings (SSSR count). The zero-order valence-corrected chi connectivity index (χ0v) is 25.3. The zero-order chi connectivity index (χ0) is 30.7. The summed E-state index contributed by atoms with van der Waals surface area (Å²) in [6.45, 7) is 8.63. The van der Waals surface area contributed by atoms with Crippen molar-refractivity contribution in [3.8, 4) is 0 Å². The number of halogens is 1. The monoisotopic (exact) mass is 611 g/mol. The van der Waals surface area contributed by atoms with Crippen molar-refractivity contribution in [3.63, 3.8) is 0 Å². The molecule has 4 aliphatic carbocycles. The maximum atomic E-state index is 14.3. The molecule has 10 heteroatoms. The molecule has 1 aromatic rings. The van der Waals surface area contributed by atoms with Crippen molar-refractivity contribution in [2.45, 2.75) is 70.4 Å². The molecule has 3 aliphatic heterocycles. The summed E-state index contributed by atoms with van der Waals surface area (Å²) in [6, 6.07) is 6.84. The van der Waals surface area contributed by atoms with Crippen molar-refractivity contribution in [2.75, 3.05) is 19.7 Å². The van der Waals surface area contributed by atoms with Crippen LogP contribution in [-0.2, 0) is 23.9 Å². The number of ether oxygens (including phenoxy) is 2. The van der Waals surface area contributed by atoms with Gasteiger partial charge in [0.1, 0.15) is 23.4 Å². The first-order valence-corrected chi connectivity index (χ1v) is 15.8. The summed E-state index contributed by atoms with van der Waals surface area (Å²) < 4.78 is 12.3. The van der Waals surface area contributed by atoms with Crippen molar-refractivity contribution in [3.05, 3.63) is 47.0 Å². The molecule has 4 saturated carbocycles. The molecule has 3 saturated heterocycles. The molecule has 1 amide bonds. The lowest BCUT2D eigenvalue weighted by molar-refractivity contribution is -0.437. The fourth-order valence-electron chi connectivity index (χ4n) is 10.1. The minimum Gasteiger partial charge on any atom is -0.460 e. The molecule has 4 bridgehead atoms. The van der Waals surface area contributed by atoms with Crippen LogP contribution in [0.15, 0.2) is 36.4 Å². The van der Waals surface area contributed by atoms with Crippen LogP contribution >= 0.6 is 11.6 Å². The molecule has 2 N–H and O–H groups in total. The Kier molecular flexibility index (Phi) is 6.41. The number of benzene rings is 1. The van der Waals surface area contributed by atoms with Crippen LogP contribution in [0.3, 0.4) is 0 Å². The van der Waals surface area contributed by atoms with Gasteiger partial charge in [0.25, 0.3) is 5.91 Å². The van der Waals surface area contributed by atoms with Crippen LogP contribution in [0.25, 0.3) is 0 Å². The summed E-state index contributed by atoms with van der Waals surface area (Å²) in [7, 11) is 0. The van der Waals surface area contributed by atoms with Gasteiger partial charge in [0.05, 0.1) is 28.5 Å². The lowest BCUT2D eigenvalue weighted by Gasteiger charge is -2.73. The lowest BCUT2D eigenvalue weighted by atomic mass is 9.36. The minimum absolute atomic E-state index is 0.0635. The smallest absolute Gasteiger partial charge is 0.309 e. The predicted molar refractivity (Wildman–Crippen MR) is 154 cm³/mol. The fourth-order valence-corrected chi connectivity index (χ4v) is 10.3. The van der Waals surface area contributed by atoms with Gasteiger partial charge in [-0.05, 0) is 61.1 Å². The number of carbonyl (C=O) groups excluding carboxylic acids is 4. The van der Waals surface area contributed by atoms with Crippen LogP contribution < -0.4 is 0 Å². The van der Waals surface area contributed by atoms with Gasteiger partial charge in [-0.15, -0.1) is 0 Å². The Labute approximate surface area is 255 Å². The van der Waals surface area contributed by atoms with Crippen LogP contribution in [0, 0.1) is 39.9 Å². The van der Waals surface area contributed by atoms with Gasteiger partial charge in [-0.25, -0.2) is 0 Å². The fraction of sp³-hybridized carbons (Fsp3) is 0.636. The molecule has 7 fully saturated rings. The lowest BCUT2D eigenvalue weighted by Crippen LogP contribution is -2.85. The minimum atomic E-state index is -2.33. The van der Waals surface area contributed by atoms with Crippen LogP contribution in [0.2, 0.25) is 5.02 Å². The van der Waals surface area contributed by atoms with Crippen molar-refractivity contribution < 1.29 is 38.9 Å². The first-order valence-electron chi connectivity index (χ1n) is 15.4. The third-order valence-electron chi connectivity index (χ3n) is 12.1. The number of piperidine rings is 1. The molecule has 8 atom stereocenters. The largest absolute Gasteiger partial charge is 0.460 e. The van der Waals surface area contributed by atoms with E-state index in [1.165, 1.54) is 0 Å². The number of fused-ring (bicyclic) bond motifs is 2. The standard InChI is InChI=1S/C33H38ClNO8/c1-17-19-8-9-22-31-16-42-33(41,26(38)24(31)30(2,3)13-10-23(31)36)32(22,25(17)37)27(19)43-29(40)18-11-14-35(15-12-18)28(39)20-6-4-5-7-21(20)34/h4-7,18-19,22,24,26-27,38,41H,1,8-16H2,2-3H3/t19-,22-,24+,26-,27+,31+,32-,33-/m0/s1. The third kappa shape index (κ3) is 3.51. The highest BCUT2D eigenvalue weighted by molar-refractivity contribution is 6.33. The summed E-state index contributed by atoms with van der Waals surface area (Å²) in [4.78, 5) is 56.6. The molecule has 9 nitrogen and oxygen atoms in total. The highest BCUT2D eigenvalue weighted by Crippen LogP contribution is 2.76. The number of hydrogen-bond acceptors (Lipinski definition) is 8. The summed E-state index contributed by atoms with van der Waals surface area (Å²) in [6.07, 6.45) is -0.122. The van der Waals surface area contributed by atoms with Gasteiger partial charge in [-0.2, -0.15) is 0 Å². The van der Waals surface area contributed by atoms with Crippen LogP contribution in [0.5, 0.6) is 0 Å². The molecule has 1 aromatic carbocycles. The van der Waals surface area contributed by atoms with Gasteiger partial charge >= 0.3 is 5.97 Å². The second kappa shape index (κ2) is 9.46. The van der Waals surface area contributed by atoms with Crippen molar-refractivity contribution in [1.82, 2.24) is 4.90 Å². The average Bonchev–Trinajstić information content (AvgIpc) is 3.10. The van der Waals surface area contributed by atoms with Gasteiger partial charge < -0.3 is 24.6 Å². The summed E-state index contributed by atoms with van der Waals surface area (Å²) in [5, 5.41) is 24.6. The van der Waals surface area contributed by atoms with Crippen LogP contribution in [0.1, 0.15) is 62.7 Å². The summed E-state index contributed by atoms with van der Waals surface area (Å²) in [5.41, 5.74) is -2.83. The number of ketones is 2. The van der Waals surface area contributed by atoms with E-state index < -0.39 is 69.7 Å². The Morgan fingerprint density at radius 2 is 1.81 bits per heavy atom. The Balaban J connectivity index is 1.18. The van der Waals surface area contributed by atoms with Crippen molar-refractivity contribution in [1.29, 1.82) is 0 Å². The molecular formula is C33H38ClNO8. The summed E-state index contributed by atoms with van der Waals surface area (Å²) in [5.74, 6) is -5.94. The topological polar surface area (TPSA) is 130 Å². The van der Waals surface area contributed by atoms with Gasteiger partial charge in [0.15, 0.2) is 5.78 Å². The zero-order valence-electron chi connectivity index (χ0n) is 24.5. The molecule has 3 heterocycles. The van der Waals surface area contributed by atoms with Gasteiger partial charge in [-0.3, -0.25) is 19.2 Å². The van der Waals surface area contributed by atoms with E-state index in [2.05, 4.69) is 6.58 Å². The molecule has 0 aromatic heterocycles. The van der Waals surface area contributed by atoms with E-state index in [4.69, 9.17) is 21.1 Å². The van der Waals surface area contributed by atoms with Crippen LogP contribution in [-0.4, -0.2) is 76.2 Å². The molecule has 0 radical (unpaired) electrons. The normalized spacial score (nSPS) is 41.6. The molecule has 7 aliphatic rings. The van der Waals surface area contributed by atoms with E-state index in [1.54, 1.807) is 29.2 Å². The van der Waals surface area contributed by atoms with E-state index in [-0.39, 0.29) is 23.9 Å². The number of nitrogens with zero attached hydrogens (tertiary/aromatic N) is 1. The van der Waals surface area contributed by atoms with Gasteiger partial charge in [0.2, 0.25) is 5.79 Å². The van der Waals surface area contributed by atoms with Crippen molar-refractivity contribution >= 4 is 35.0 Å². The number of Topliss-reactive ketones (excluding diaryl/α,β-unsaturated/α-hetero) is 2. The maximum Gasteiger partial charge on any atom is 0.309 e. The Bertz CT molecular complexity index is 1450. The Morgan fingerprint density at radius 1 is 1.12 bits per heavy atom. The molecule has 0 unspecified atom stereocenters. The first kappa shape index (κ1) is 29.1. The number of amides is 1. The quantitative estimate of drug-likeness (QED) is 0.393. The second-order valence-electron chi connectivity index (χ2n) is 14.2. The second-order valence-corrected chi connectivity index (χ2v) is 14.6. The number of likely N-dealkylation sites (tertiary alicyclic amines) is 1. The van der Waals surface area contributed by atoms with E-state index in [0.29, 0.717) is 62.2 Å². The van der Waals surface area contributed by atoms with Gasteiger partial charge in [-0.1, -0.05) is 44.2 Å². The number of carbonyl (C=O) groups is 4. The number of hydrogen-bond donors (Lipinski definition) is 2. The van der Waals surface area contributed by atoms with Crippen molar-refractivity contribution in [2.24, 2.45) is 39.9 Å². The van der Waals surface area contributed by atoms with E-state index in [0.717, 1.165) is 0 Å². The number of aliphatic hydroxyl groups is 2. The van der Waals surface area contributed by atoms with E-state index in [1.807, 2.05) is 13.8 Å². The molecule has 2 spiro atoms. The molecule has 43 heavy (non-hydrogen) atoms. The first-order chi connectivity index (χ1) is 20.3. The molecule has 230 valence electrons. The van der Waals surface area contributed by atoms with E-state index >= 15 is 0 Å². The number of esters is 1. The average molecular weight is 612 g/mol. The van der Waals surface area contributed by atoms with Crippen LogP contribution in [0.4, 0.5) is 0 Å². The Hall–Kier alpha value is -2.59. The summed E-state index contributed by atoms with van der Waals surface area (Å²) >= 11 is 6.23. The van der Waals surface area contributed by atoms with E-state index in [9.17, 15) is 29.4 Å². The number of aliphatic hydroxyl groups excluding tert-OH is 1. The molecular weight excluding hydrogens is 574 g/mol. The SMILES string of the molecule is C=C1C(=O)[C@]23[C@H](OC(=O)C4CCN(C(=O)c5ccccc5Cl)CC4)[C@H]1CC[C@H]2[C@@]12CO[C@@]3(O)[C@@H](O)[C@@H]1C(C)(C)CCC2=O. The highest BCUT2D eigenvalue weighted by Gasteiger charge is 2.88. The van der Waals surface area contributed by atoms with Gasteiger partial charge in [0, 0.05) is 31.3 Å². The predicted octanol–water partition coefficient (Wildman–Crippen LogP) is 3.34. The third-order valence-corrected chi connectivity index (χ3v) is 12.4. The number of rotatable bonds is 3. The maximum absolute atomic E-state index is 14.3. The highest BCUT2D eigenvalue weighted by atomic mass is 35.5.